The molecule has 36 heavy (non-hydrogen) atoms. The molecule has 1 saturated carbocycles. The number of carbonyl (C=O) groups excluding carboxylic acids is 1. The molecule has 7 nitrogen and oxygen atoms in total. The Kier molecular flexibility index (Phi) is 6.59. The number of aliphatic hydroxyl groups excluding tert-OH is 1. The predicted molar refractivity (Wildman–Crippen MR) is 130 cm³/mol. The molecule has 192 valence electrons. The van der Waals surface area contributed by atoms with Gasteiger partial charge < -0.3 is 15.3 Å². The van der Waals surface area contributed by atoms with Crippen molar-refractivity contribution in [1.82, 2.24) is 19.9 Å². The second kappa shape index (κ2) is 9.55. The lowest BCUT2D eigenvalue weighted by molar-refractivity contribution is -0.141. The first-order valence-corrected chi connectivity index (χ1v) is 12.5. The number of imidazole rings is 1. The van der Waals surface area contributed by atoms with Gasteiger partial charge in [-0.3, -0.25) is 9.36 Å². The Hall–Kier alpha value is -2.85. The summed E-state index contributed by atoms with van der Waals surface area (Å²) >= 11 is 6.31. The fraction of sp³-hybridized carbons (Fsp3) is 0.480. The van der Waals surface area contributed by atoms with Crippen LogP contribution in [0.1, 0.15) is 43.4 Å². The van der Waals surface area contributed by atoms with E-state index >= 15 is 0 Å². The summed E-state index contributed by atoms with van der Waals surface area (Å²) in [5.74, 6) is 0.314. The number of hydrogen-bond donors (Lipinski definition) is 2. The molecular formula is C25H27ClF3N5O2. The summed E-state index contributed by atoms with van der Waals surface area (Å²) in [6.45, 7) is 2.82. The Balaban J connectivity index is 1.44. The second-order valence-electron chi connectivity index (χ2n) is 9.59. The van der Waals surface area contributed by atoms with Crippen molar-refractivity contribution in [2.45, 2.75) is 57.3 Å². The van der Waals surface area contributed by atoms with Crippen LogP contribution in [0.2, 0.25) is 5.02 Å². The van der Waals surface area contributed by atoms with E-state index in [0.29, 0.717) is 54.4 Å². The van der Waals surface area contributed by atoms with Crippen LogP contribution in [-0.4, -0.2) is 50.8 Å². The third-order valence-corrected chi connectivity index (χ3v) is 7.53. The van der Waals surface area contributed by atoms with Crippen molar-refractivity contribution in [2.75, 3.05) is 18.0 Å². The van der Waals surface area contributed by atoms with Crippen molar-refractivity contribution in [1.29, 1.82) is 0 Å². The van der Waals surface area contributed by atoms with Crippen molar-refractivity contribution in [2.24, 2.45) is 5.92 Å². The number of rotatable bonds is 4. The molecule has 0 bridgehead atoms. The second-order valence-corrected chi connectivity index (χ2v) is 10.00. The number of piperidine rings is 1. The first-order chi connectivity index (χ1) is 17.1. The van der Waals surface area contributed by atoms with Gasteiger partial charge in [0.15, 0.2) is 0 Å². The third-order valence-electron chi connectivity index (χ3n) is 7.13. The van der Waals surface area contributed by atoms with Gasteiger partial charge in [0, 0.05) is 24.0 Å². The van der Waals surface area contributed by atoms with E-state index in [9.17, 15) is 23.1 Å². The van der Waals surface area contributed by atoms with Crippen LogP contribution in [0.5, 0.6) is 0 Å². The number of aliphatic hydroxyl groups is 1. The van der Waals surface area contributed by atoms with Gasteiger partial charge in [0.05, 0.1) is 23.2 Å². The number of anilines is 1. The highest BCUT2D eigenvalue weighted by Gasteiger charge is 2.34. The molecule has 0 radical (unpaired) electrons. The van der Waals surface area contributed by atoms with Crippen LogP contribution in [-0.2, 0) is 11.0 Å². The first kappa shape index (κ1) is 24.8. The molecule has 2 N–H and O–H groups in total. The number of pyridine rings is 1. The maximum absolute atomic E-state index is 13.4. The highest BCUT2D eigenvalue weighted by molar-refractivity contribution is 6.32. The summed E-state index contributed by atoms with van der Waals surface area (Å²) in [4.78, 5) is 23.4. The van der Waals surface area contributed by atoms with E-state index in [1.54, 1.807) is 16.7 Å². The number of fused-ring (bicyclic) bond motifs is 1. The van der Waals surface area contributed by atoms with E-state index in [-0.39, 0.29) is 23.7 Å². The van der Waals surface area contributed by atoms with Gasteiger partial charge in [0.1, 0.15) is 11.5 Å². The van der Waals surface area contributed by atoms with Crippen LogP contribution in [0.4, 0.5) is 19.1 Å². The number of aryl methyl sites for hydroxylation is 1. The Labute approximate surface area is 211 Å². The van der Waals surface area contributed by atoms with Crippen LogP contribution < -0.4 is 10.2 Å². The van der Waals surface area contributed by atoms with Gasteiger partial charge in [0.25, 0.3) is 0 Å². The Bertz CT molecular complexity index is 1290. The summed E-state index contributed by atoms with van der Waals surface area (Å²) in [7, 11) is 0. The van der Waals surface area contributed by atoms with Gasteiger partial charge in [-0.15, -0.1) is 0 Å². The molecule has 2 aromatic heterocycles. The van der Waals surface area contributed by atoms with E-state index in [1.807, 2.05) is 11.8 Å². The van der Waals surface area contributed by atoms with Crippen LogP contribution in [0.25, 0.3) is 16.9 Å². The fourth-order valence-electron chi connectivity index (χ4n) is 5.08. The number of amides is 1. The number of nitrogens with zero attached hydrogens (tertiary/aromatic N) is 4. The number of aromatic nitrogens is 3. The SMILES string of the molecule is Cc1cc2c(cc1Cl)nc(N1CCC(C(=O)NC3CCCC3O)CC1)n2-c1cccc(C(F)(F)F)n1. The lowest BCUT2D eigenvalue weighted by atomic mass is 9.95. The molecule has 2 fully saturated rings. The Morgan fingerprint density at radius 2 is 1.89 bits per heavy atom. The van der Waals surface area contributed by atoms with Gasteiger partial charge in [-0.05, 0) is 68.9 Å². The number of nitrogens with one attached hydrogen (secondary N) is 1. The number of alkyl halides is 3. The third kappa shape index (κ3) is 4.76. The summed E-state index contributed by atoms with van der Waals surface area (Å²) in [6.07, 6.45) is -1.57. The molecule has 3 aromatic rings. The smallest absolute Gasteiger partial charge is 0.391 e. The number of benzene rings is 1. The zero-order valence-corrected chi connectivity index (χ0v) is 20.5. The number of halogens is 4. The molecule has 11 heteroatoms. The lowest BCUT2D eigenvalue weighted by Gasteiger charge is -2.33. The van der Waals surface area contributed by atoms with Crippen LogP contribution in [0.3, 0.4) is 0 Å². The minimum absolute atomic E-state index is 0.0592. The van der Waals surface area contributed by atoms with Gasteiger partial charge >= 0.3 is 6.18 Å². The predicted octanol–water partition coefficient (Wildman–Crippen LogP) is 4.65. The molecule has 2 unspecified atom stereocenters. The molecule has 1 aromatic carbocycles. The van der Waals surface area contributed by atoms with E-state index < -0.39 is 18.0 Å². The standard InChI is InChI=1S/C25H27ClF3N5O2/c1-14-12-19-18(13-16(14)26)31-24(34(19)22-7-3-6-21(32-22)25(27,28)29)33-10-8-15(9-11-33)23(36)30-17-4-2-5-20(17)35/h3,6-7,12-13,15,17,20,35H,2,4-5,8-11H2,1H3,(H,30,36). The zero-order chi connectivity index (χ0) is 25.6. The Morgan fingerprint density at radius 1 is 1.14 bits per heavy atom. The highest BCUT2D eigenvalue weighted by Crippen LogP contribution is 2.34. The maximum atomic E-state index is 13.4. The van der Waals surface area contributed by atoms with Crippen molar-refractivity contribution in [3.63, 3.8) is 0 Å². The molecule has 3 heterocycles. The average Bonchev–Trinajstić information content (AvgIpc) is 3.42. The van der Waals surface area contributed by atoms with E-state index in [2.05, 4.69) is 10.3 Å². The average molecular weight is 522 g/mol. The molecule has 2 aliphatic rings. The Morgan fingerprint density at radius 3 is 2.56 bits per heavy atom. The summed E-state index contributed by atoms with van der Waals surface area (Å²) in [5.41, 5.74) is 0.944. The molecule has 1 aliphatic carbocycles. The molecule has 5 rings (SSSR count). The summed E-state index contributed by atoms with van der Waals surface area (Å²) in [5, 5.41) is 13.5. The lowest BCUT2D eigenvalue weighted by Crippen LogP contribution is -2.46. The number of carbonyl (C=O) groups is 1. The molecule has 1 aliphatic heterocycles. The minimum atomic E-state index is -4.58. The van der Waals surface area contributed by atoms with E-state index in [0.717, 1.165) is 24.5 Å². The van der Waals surface area contributed by atoms with Crippen molar-refractivity contribution in [3.8, 4) is 5.82 Å². The van der Waals surface area contributed by atoms with Crippen molar-refractivity contribution >= 4 is 34.5 Å². The largest absolute Gasteiger partial charge is 0.433 e. The zero-order valence-electron chi connectivity index (χ0n) is 19.7. The normalized spacial score (nSPS) is 21.3. The van der Waals surface area contributed by atoms with E-state index in [4.69, 9.17) is 16.6 Å². The van der Waals surface area contributed by atoms with Crippen LogP contribution >= 0.6 is 11.6 Å². The van der Waals surface area contributed by atoms with Gasteiger partial charge in [-0.2, -0.15) is 13.2 Å². The van der Waals surface area contributed by atoms with Gasteiger partial charge in [0.2, 0.25) is 11.9 Å². The summed E-state index contributed by atoms with van der Waals surface area (Å²) < 4.78 is 41.9. The molecule has 2 atom stereocenters. The minimum Gasteiger partial charge on any atom is -0.391 e. The van der Waals surface area contributed by atoms with Crippen molar-refractivity contribution < 1.29 is 23.1 Å². The first-order valence-electron chi connectivity index (χ1n) is 12.1. The van der Waals surface area contributed by atoms with Gasteiger partial charge in [-0.25, -0.2) is 9.97 Å². The molecule has 0 spiro atoms. The molecular weight excluding hydrogens is 495 g/mol. The summed E-state index contributed by atoms with van der Waals surface area (Å²) in [6, 6.07) is 7.10. The maximum Gasteiger partial charge on any atom is 0.433 e. The van der Waals surface area contributed by atoms with Crippen LogP contribution in [0, 0.1) is 12.8 Å². The molecule has 1 saturated heterocycles. The van der Waals surface area contributed by atoms with Crippen molar-refractivity contribution in [3.05, 3.63) is 46.6 Å². The van der Waals surface area contributed by atoms with Gasteiger partial charge in [-0.1, -0.05) is 17.7 Å². The monoisotopic (exact) mass is 521 g/mol. The number of hydrogen-bond acceptors (Lipinski definition) is 5. The van der Waals surface area contributed by atoms with E-state index in [1.165, 1.54) is 12.1 Å². The molecule has 1 amide bonds. The topological polar surface area (TPSA) is 83.3 Å². The fourth-order valence-corrected chi connectivity index (χ4v) is 5.24. The highest BCUT2D eigenvalue weighted by atomic mass is 35.5. The quantitative estimate of drug-likeness (QED) is 0.522. The van der Waals surface area contributed by atoms with Crippen LogP contribution in [0.15, 0.2) is 30.3 Å².